The number of hydrogen-bond donors (Lipinski definition) is 2. The van der Waals surface area contributed by atoms with Gasteiger partial charge in [0.2, 0.25) is 5.91 Å². The Morgan fingerprint density at radius 2 is 1.95 bits per heavy atom. The van der Waals surface area contributed by atoms with E-state index in [0.717, 1.165) is 37.3 Å². The molecule has 2 N–H and O–H groups in total. The predicted molar refractivity (Wildman–Crippen MR) is 87.2 cm³/mol. The fraction of sp³-hybridized carbons (Fsp3) is 0.588. The van der Waals surface area contributed by atoms with Gasteiger partial charge in [0.1, 0.15) is 0 Å². The van der Waals surface area contributed by atoms with E-state index < -0.39 is 0 Å². The molecule has 0 radical (unpaired) electrons. The zero-order valence-electron chi connectivity index (χ0n) is 13.6. The molecule has 0 aromatic heterocycles. The Morgan fingerprint density at radius 1 is 1.29 bits per heavy atom. The Hall–Kier alpha value is -1.39. The fourth-order valence-corrected chi connectivity index (χ4v) is 2.39. The minimum absolute atomic E-state index is 0.0554. The van der Waals surface area contributed by atoms with Crippen molar-refractivity contribution in [2.24, 2.45) is 5.41 Å². The summed E-state index contributed by atoms with van der Waals surface area (Å²) in [6.07, 6.45) is 0.762. The van der Waals surface area contributed by atoms with Crippen molar-refractivity contribution in [1.82, 2.24) is 4.90 Å². The van der Waals surface area contributed by atoms with Crippen LogP contribution >= 0.6 is 0 Å². The molecule has 0 saturated carbocycles. The van der Waals surface area contributed by atoms with E-state index in [4.69, 9.17) is 5.11 Å². The lowest BCUT2D eigenvalue weighted by molar-refractivity contribution is -0.114. The van der Waals surface area contributed by atoms with Crippen molar-refractivity contribution >= 4 is 11.6 Å². The monoisotopic (exact) mass is 292 g/mol. The molecule has 0 aliphatic rings. The largest absolute Gasteiger partial charge is 0.396 e. The van der Waals surface area contributed by atoms with Crippen LogP contribution in [0, 0.1) is 5.41 Å². The quantitative estimate of drug-likeness (QED) is 0.812. The molecule has 0 aliphatic heterocycles. The SMILES string of the molecule is CC(=O)Nc1ccccc1CN(CCCO)CC(C)(C)C. The van der Waals surface area contributed by atoms with Crippen LogP contribution in [-0.2, 0) is 11.3 Å². The lowest BCUT2D eigenvalue weighted by Gasteiger charge is -2.30. The summed E-state index contributed by atoms with van der Waals surface area (Å²) in [4.78, 5) is 13.6. The van der Waals surface area contributed by atoms with E-state index in [2.05, 4.69) is 31.0 Å². The van der Waals surface area contributed by atoms with Crippen LogP contribution in [0.15, 0.2) is 24.3 Å². The van der Waals surface area contributed by atoms with Gasteiger partial charge in [0.05, 0.1) is 0 Å². The number of para-hydroxylation sites is 1. The summed E-state index contributed by atoms with van der Waals surface area (Å²) in [5.74, 6) is -0.0554. The van der Waals surface area contributed by atoms with E-state index in [-0.39, 0.29) is 17.9 Å². The number of nitrogens with zero attached hydrogens (tertiary/aromatic N) is 1. The first kappa shape index (κ1) is 17.7. The van der Waals surface area contributed by atoms with Crippen LogP contribution in [0.25, 0.3) is 0 Å². The number of carbonyl (C=O) groups is 1. The van der Waals surface area contributed by atoms with Crippen LogP contribution in [0.4, 0.5) is 5.69 Å². The van der Waals surface area contributed by atoms with Crippen molar-refractivity contribution in [1.29, 1.82) is 0 Å². The first-order valence-corrected chi connectivity index (χ1v) is 7.50. The molecule has 0 saturated heterocycles. The van der Waals surface area contributed by atoms with Gasteiger partial charge in [-0.15, -0.1) is 0 Å². The van der Waals surface area contributed by atoms with E-state index in [0.29, 0.717) is 0 Å². The van der Waals surface area contributed by atoms with E-state index in [1.54, 1.807) is 0 Å². The summed E-state index contributed by atoms with van der Waals surface area (Å²) < 4.78 is 0. The third kappa shape index (κ3) is 7.25. The summed E-state index contributed by atoms with van der Waals surface area (Å²) >= 11 is 0. The normalized spacial score (nSPS) is 11.7. The number of nitrogens with one attached hydrogen (secondary N) is 1. The van der Waals surface area contributed by atoms with Gasteiger partial charge in [0, 0.05) is 38.9 Å². The second-order valence-corrected chi connectivity index (χ2v) is 6.69. The molecule has 1 aromatic carbocycles. The van der Waals surface area contributed by atoms with Gasteiger partial charge in [-0.1, -0.05) is 39.0 Å². The highest BCUT2D eigenvalue weighted by Gasteiger charge is 2.17. The lowest BCUT2D eigenvalue weighted by atomic mass is 9.95. The summed E-state index contributed by atoms with van der Waals surface area (Å²) in [7, 11) is 0. The van der Waals surface area contributed by atoms with E-state index in [1.807, 2.05) is 24.3 Å². The maximum atomic E-state index is 11.3. The smallest absolute Gasteiger partial charge is 0.221 e. The number of benzene rings is 1. The number of hydrogen-bond acceptors (Lipinski definition) is 3. The van der Waals surface area contributed by atoms with Crippen LogP contribution < -0.4 is 5.32 Å². The molecular formula is C17H28N2O2. The predicted octanol–water partition coefficient (Wildman–Crippen LogP) is 2.88. The van der Waals surface area contributed by atoms with Crippen LogP contribution in [0.1, 0.15) is 39.7 Å². The Morgan fingerprint density at radius 3 is 2.52 bits per heavy atom. The van der Waals surface area contributed by atoms with Crippen LogP contribution in [0.5, 0.6) is 0 Å². The maximum Gasteiger partial charge on any atom is 0.221 e. The Bertz CT molecular complexity index is 452. The molecular weight excluding hydrogens is 264 g/mol. The summed E-state index contributed by atoms with van der Waals surface area (Å²) in [6.45, 7) is 10.9. The lowest BCUT2D eigenvalue weighted by Crippen LogP contribution is -2.33. The molecule has 0 bridgehead atoms. The second-order valence-electron chi connectivity index (χ2n) is 6.69. The highest BCUT2D eigenvalue weighted by atomic mass is 16.3. The molecule has 0 heterocycles. The van der Waals surface area contributed by atoms with Crippen LogP contribution in [0.2, 0.25) is 0 Å². The van der Waals surface area contributed by atoms with Crippen molar-refractivity contribution in [3.8, 4) is 0 Å². The zero-order chi connectivity index (χ0) is 15.9. The number of amides is 1. The summed E-state index contributed by atoms with van der Waals surface area (Å²) in [5, 5.41) is 12.0. The van der Waals surface area contributed by atoms with Crippen molar-refractivity contribution < 1.29 is 9.90 Å². The van der Waals surface area contributed by atoms with Gasteiger partial charge in [0.25, 0.3) is 0 Å². The van der Waals surface area contributed by atoms with E-state index in [1.165, 1.54) is 6.92 Å². The Balaban J connectivity index is 2.84. The number of aliphatic hydroxyl groups is 1. The van der Waals surface area contributed by atoms with Crippen molar-refractivity contribution in [3.05, 3.63) is 29.8 Å². The van der Waals surface area contributed by atoms with Gasteiger partial charge in [-0.3, -0.25) is 9.69 Å². The van der Waals surface area contributed by atoms with Gasteiger partial charge in [0.15, 0.2) is 0 Å². The van der Waals surface area contributed by atoms with Gasteiger partial charge in [-0.05, 0) is 23.5 Å². The van der Waals surface area contributed by atoms with Gasteiger partial charge < -0.3 is 10.4 Å². The van der Waals surface area contributed by atoms with E-state index in [9.17, 15) is 4.79 Å². The van der Waals surface area contributed by atoms with Gasteiger partial charge >= 0.3 is 0 Å². The molecule has 1 amide bonds. The average Bonchev–Trinajstić information content (AvgIpc) is 2.36. The molecule has 0 aliphatic carbocycles. The van der Waals surface area contributed by atoms with Gasteiger partial charge in [-0.25, -0.2) is 0 Å². The molecule has 1 aromatic rings. The summed E-state index contributed by atoms with van der Waals surface area (Å²) in [6, 6.07) is 7.89. The first-order chi connectivity index (χ1) is 9.81. The maximum absolute atomic E-state index is 11.3. The summed E-state index contributed by atoms with van der Waals surface area (Å²) in [5.41, 5.74) is 2.17. The number of anilines is 1. The third-order valence-electron chi connectivity index (χ3n) is 3.05. The van der Waals surface area contributed by atoms with Crippen molar-refractivity contribution in [3.63, 3.8) is 0 Å². The Kier molecular flexibility index (Phi) is 6.85. The topological polar surface area (TPSA) is 52.6 Å². The molecule has 0 unspecified atom stereocenters. The van der Waals surface area contributed by atoms with Crippen LogP contribution in [-0.4, -0.2) is 35.6 Å². The number of carbonyl (C=O) groups excluding carboxylic acids is 1. The number of rotatable bonds is 7. The van der Waals surface area contributed by atoms with Crippen molar-refractivity contribution in [2.75, 3.05) is 25.0 Å². The fourth-order valence-electron chi connectivity index (χ4n) is 2.39. The standard InChI is InChI=1S/C17H28N2O2/c1-14(21)18-16-9-6-5-8-15(16)12-19(10-7-11-20)13-17(2,3)4/h5-6,8-9,20H,7,10-13H2,1-4H3,(H,18,21). The molecule has 21 heavy (non-hydrogen) atoms. The minimum Gasteiger partial charge on any atom is -0.396 e. The Labute approximate surface area is 128 Å². The zero-order valence-corrected chi connectivity index (χ0v) is 13.6. The highest BCUT2D eigenvalue weighted by molar-refractivity contribution is 5.89. The molecule has 4 nitrogen and oxygen atoms in total. The molecule has 0 atom stereocenters. The molecule has 4 heteroatoms. The van der Waals surface area contributed by atoms with E-state index >= 15 is 0 Å². The second kappa shape index (κ2) is 8.15. The first-order valence-electron chi connectivity index (χ1n) is 7.50. The average molecular weight is 292 g/mol. The molecule has 118 valence electrons. The van der Waals surface area contributed by atoms with Gasteiger partial charge in [-0.2, -0.15) is 0 Å². The number of aliphatic hydroxyl groups excluding tert-OH is 1. The van der Waals surface area contributed by atoms with Crippen molar-refractivity contribution in [2.45, 2.75) is 40.7 Å². The molecule has 0 spiro atoms. The highest BCUT2D eigenvalue weighted by Crippen LogP contribution is 2.21. The minimum atomic E-state index is -0.0554. The molecule has 0 fully saturated rings. The van der Waals surface area contributed by atoms with Crippen LogP contribution in [0.3, 0.4) is 0 Å². The molecule has 1 rings (SSSR count). The third-order valence-corrected chi connectivity index (χ3v) is 3.05.